The molecule has 2 N–H and O–H groups in total. The van der Waals surface area contributed by atoms with Gasteiger partial charge in [0.2, 0.25) is 5.91 Å². The van der Waals surface area contributed by atoms with E-state index in [1.807, 2.05) is 0 Å². The zero-order valence-corrected chi connectivity index (χ0v) is 9.12. The minimum atomic E-state index is -0.139. The first-order valence-electron chi connectivity index (χ1n) is 5.33. The molecule has 2 rings (SSSR count). The number of carbonyl (C=O) groups excluding carboxylic acids is 2. The van der Waals surface area contributed by atoms with E-state index in [-0.39, 0.29) is 11.8 Å². The van der Waals surface area contributed by atoms with Crippen LogP contribution in [0.1, 0.15) is 30.1 Å². The van der Waals surface area contributed by atoms with E-state index >= 15 is 0 Å². The van der Waals surface area contributed by atoms with E-state index in [9.17, 15) is 9.59 Å². The Labute approximate surface area is 94.0 Å². The molecule has 4 heteroatoms. The maximum absolute atomic E-state index is 11.7. The van der Waals surface area contributed by atoms with Crippen LogP contribution in [0.4, 0.5) is 5.69 Å². The van der Waals surface area contributed by atoms with Gasteiger partial charge in [0, 0.05) is 24.2 Å². The molecule has 0 atom stereocenters. The molecule has 0 aliphatic heterocycles. The Balaban J connectivity index is 2.07. The van der Waals surface area contributed by atoms with Crippen LogP contribution in [0, 0.1) is 0 Å². The van der Waals surface area contributed by atoms with Gasteiger partial charge in [0.05, 0.1) is 0 Å². The van der Waals surface area contributed by atoms with Crippen LogP contribution in [0.25, 0.3) is 0 Å². The van der Waals surface area contributed by atoms with Crippen molar-refractivity contribution in [2.24, 2.45) is 0 Å². The standard InChI is InChI=1S/C12H14N2O2/c1-8(15)13-11-4-2-3-9(7-11)12(16)14-10-5-6-10/h2-4,7,10H,5-6H2,1H3,(H,13,15)(H,14,16). The fourth-order valence-electron chi connectivity index (χ4n) is 1.44. The minimum Gasteiger partial charge on any atom is -0.349 e. The van der Waals surface area contributed by atoms with Gasteiger partial charge in [-0.1, -0.05) is 6.07 Å². The number of benzene rings is 1. The number of anilines is 1. The van der Waals surface area contributed by atoms with E-state index in [0.717, 1.165) is 12.8 Å². The lowest BCUT2D eigenvalue weighted by Crippen LogP contribution is -2.25. The quantitative estimate of drug-likeness (QED) is 0.808. The first kappa shape index (κ1) is 10.7. The summed E-state index contributed by atoms with van der Waals surface area (Å²) in [5, 5.41) is 5.55. The van der Waals surface area contributed by atoms with Crippen molar-refractivity contribution < 1.29 is 9.59 Å². The SMILES string of the molecule is CC(=O)Nc1cccc(C(=O)NC2CC2)c1. The predicted octanol–water partition coefficient (Wildman–Crippen LogP) is 1.54. The van der Waals surface area contributed by atoms with Crippen molar-refractivity contribution in [3.8, 4) is 0 Å². The van der Waals surface area contributed by atoms with E-state index in [1.54, 1.807) is 24.3 Å². The van der Waals surface area contributed by atoms with Gasteiger partial charge in [-0.2, -0.15) is 0 Å². The molecular weight excluding hydrogens is 204 g/mol. The summed E-state index contributed by atoms with van der Waals surface area (Å²) in [7, 11) is 0. The first-order chi connectivity index (χ1) is 7.65. The average Bonchev–Trinajstić information content (AvgIpc) is 3.01. The maximum atomic E-state index is 11.7. The van der Waals surface area contributed by atoms with Crippen molar-refractivity contribution in [3.05, 3.63) is 29.8 Å². The molecule has 1 fully saturated rings. The van der Waals surface area contributed by atoms with Crippen LogP contribution in [0.2, 0.25) is 0 Å². The summed E-state index contributed by atoms with van der Waals surface area (Å²) in [6.45, 7) is 1.44. The summed E-state index contributed by atoms with van der Waals surface area (Å²) < 4.78 is 0. The molecule has 1 aliphatic rings. The van der Waals surface area contributed by atoms with Crippen LogP contribution < -0.4 is 10.6 Å². The van der Waals surface area contributed by atoms with Crippen molar-refractivity contribution in [1.29, 1.82) is 0 Å². The molecule has 1 aliphatic carbocycles. The fourth-order valence-corrected chi connectivity index (χ4v) is 1.44. The minimum absolute atomic E-state index is 0.0743. The van der Waals surface area contributed by atoms with Gasteiger partial charge in [0.1, 0.15) is 0 Å². The number of hydrogen-bond donors (Lipinski definition) is 2. The third-order valence-corrected chi connectivity index (χ3v) is 2.36. The van der Waals surface area contributed by atoms with Crippen LogP contribution in [0.15, 0.2) is 24.3 Å². The van der Waals surface area contributed by atoms with Gasteiger partial charge in [0.15, 0.2) is 0 Å². The average molecular weight is 218 g/mol. The first-order valence-corrected chi connectivity index (χ1v) is 5.33. The molecule has 0 bridgehead atoms. The second-order valence-corrected chi connectivity index (χ2v) is 4.01. The molecule has 0 unspecified atom stereocenters. The number of carbonyl (C=O) groups is 2. The lowest BCUT2D eigenvalue weighted by atomic mass is 10.2. The maximum Gasteiger partial charge on any atom is 0.251 e. The van der Waals surface area contributed by atoms with Gasteiger partial charge < -0.3 is 10.6 Å². The monoisotopic (exact) mass is 218 g/mol. The Bertz CT molecular complexity index is 425. The third kappa shape index (κ3) is 2.82. The van der Waals surface area contributed by atoms with Crippen LogP contribution in [0.5, 0.6) is 0 Å². The van der Waals surface area contributed by atoms with Crippen LogP contribution >= 0.6 is 0 Å². The zero-order chi connectivity index (χ0) is 11.5. The van der Waals surface area contributed by atoms with Crippen molar-refractivity contribution in [1.82, 2.24) is 5.32 Å². The number of hydrogen-bond acceptors (Lipinski definition) is 2. The van der Waals surface area contributed by atoms with Crippen molar-refractivity contribution in [2.75, 3.05) is 5.32 Å². The largest absolute Gasteiger partial charge is 0.349 e. The number of amides is 2. The zero-order valence-electron chi connectivity index (χ0n) is 9.12. The van der Waals surface area contributed by atoms with Gasteiger partial charge >= 0.3 is 0 Å². The molecule has 0 aromatic heterocycles. The highest BCUT2D eigenvalue weighted by Gasteiger charge is 2.23. The molecule has 0 radical (unpaired) electrons. The fraction of sp³-hybridized carbons (Fsp3) is 0.333. The highest BCUT2D eigenvalue weighted by molar-refractivity contribution is 5.97. The highest BCUT2D eigenvalue weighted by atomic mass is 16.2. The van der Waals surface area contributed by atoms with E-state index in [0.29, 0.717) is 17.3 Å². The molecule has 1 aromatic rings. The van der Waals surface area contributed by atoms with Crippen molar-refractivity contribution in [3.63, 3.8) is 0 Å². The number of rotatable bonds is 3. The normalized spacial score (nSPS) is 14.3. The third-order valence-electron chi connectivity index (χ3n) is 2.36. The van der Waals surface area contributed by atoms with E-state index < -0.39 is 0 Å². The Kier molecular flexibility index (Phi) is 2.90. The van der Waals surface area contributed by atoms with Crippen molar-refractivity contribution >= 4 is 17.5 Å². The summed E-state index contributed by atoms with van der Waals surface area (Å²) in [6.07, 6.45) is 2.13. The molecule has 0 heterocycles. The van der Waals surface area contributed by atoms with Gasteiger partial charge in [-0.05, 0) is 31.0 Å². The topological polar surface area (TPSA) is 58.2 Å². The van der Waals surface area contributed by atoms with Crippen molar-refractivity contribution in [2.45, 2.75) is 25.8 Å². The molecule has 1 aromatic carbocycles. The van der Waals surface area contributed by atoms with E-state index in [1.165, 1.54) is 6.92 Å². The Morgan fingerprint density at radius 1 is 1.31 bits per heavy atom. The molecule has 0 spiro atoms. The van der Waals surface area contributed by atoms with Gasteiger partial charge in [0.25, 0.3) is 5.91 Å². The van der Waals surface area contributed by atoms with Crippen LogP contribution in [0.3, 0.4) is 0 Å². The lowest BCUT2D eigenvalue weighted by Gasteiger charge is -2.06. The summed E-state index contributed by atoms with van der Waals surface area (Å²) in [4.78, 5) is 22.6. The number of nitrogens with one attached hydrogen (secondary N) is 2. The van der Waals surface area contributed by atoms with E-state index in [4.69, 9.17) is 0 Å². The summed E-state index contributed by atoms with van der Waals surface area (Å²) in [6, 6.07) is 7.28. The molecule has 84 valence electrons. The summed E-state index contributed by atoms with van der Waals surface area (Å²) >= 11 is 0. The summed E-state index contributed by atoms with van der Waals surface area (Å²) in [5.74, 6) is -0.213. The Hall–Kier alpha value is -1.84. The van der Waals surface area contributed by atoms with E-state index in [2.05, 4.69) is 10.6 Å². The summed E-state index contributed by atoms with van der Waals surface area (Å²) in [5.41, 5.74) is 1.23. The molecule has 1 saturated carbocycles. The highest BCUT2D eigenvalue weighted by Crippen LogP contribution is 2.19. The van der Waals surface area contributed by atoms with Gasteiger partial charge in [-0.3, -0.25) is 9.59 Å². The lowest BCUT2D eigenvalue weighted by molar-refractivity contribution is -0.114. The Morgan fingerprint density at radius 3 is 2.69 bits per heavy atom. The van der Waals surface area contributed by atoms with Gasteiger partial charge in [-0.25, -0.2) is 0 Å². The van der Waals surface area contributed by atoms with Gasteiger partial charge in [-0.15, -0.1) is 0 Å². The predicted molar refractivity (Wildman–Crippen MR) is 61.2 cm³/mol. The second-order valence-electron chi connectivity index (χ2n) is 4.01. The molecule has 16 heavy (non-hydrogen) atoms. The molecule has 2 amide bonds. The molecular formula is C12H14N2O2. The molecule has 0 saturated heterocycles. The van der Waals surface area contributed by atoms with Crippen LogP contribution in [-0.2, 0) is 4.79 Å². The molecule has 4 nitrogen and oxygen atoms in total. The Morgan fingerprint density at radius 2 is 2.06 bits per heavy atom. The second kappa shape index (κ2) is 4.35. The van der Waals surface area contributed by atoms with Crippen LogP contribution in [-0.4, -0.2) is 17.9 Å². The smallest absolute Gasteiger partial charge is 0.251 e.